The second kappa shape index (κ2) is 6.74. The summed E-state index contributed by atoms with van der Waals surface area (Å²) in [6.45, 7) is 6.13. The van der Waals surface area contributed by atoms with Crippen LogP contribution in [0.15, 0.2) is 71.6 Å². The zero-order chi connectivity index (χ0) is 22.0. The summed E-state index contributed by atoms with van der Waals surface area (Å²) in [5, 5.41) is 11.7. The third kappa shape index (κ3) is 2.59. The van der Waals surface area contributed by atoms with Crippen molar-refractivity contribution >= 4 is 34.9 Å². The first kappa shape index (κ1) is 19.2. The molecule has 6 heteroatoms. The number of carbonyl (C=O) groups excluding carboxylic acids is 1. The topological polar surface area (TPSA) is 59.0 Å². The van der Waals surface area contributed by atoms with E-state index in [1.165, 1.54) is 0 Å². The molecule has 0 bridgehead atoms. The van der Waals surface area contributed by atoms with Crippen LogP contribution in [0.2, 0.25) is 0 Å². The predicted molar refractivity (Wildman–Crippen MR) is 129 cm³/mol. The van der Waals surface area contributed by atoms with Gasteiger partial charge in [0.15, 0.2) is 4.75 Å². The van der Waals surface area contributed by atoms with Gasteiger partial charge >= 0.3 is 0 Å². The molecule has 0 fully saturated rings. The third-order valence-electron chi connectivity index (χ3n) is 6.19. The maximum atomic E-state index is 13.8. The number of benzene rings is 3. The highest BCUT2D eigenvalue weighted by Crippen LogP contribution is 2.59. The quantitative estimate of drug-likeness (QED) is 0.392. The van der Waals surface area contributed by atoms with Gasteiger partial charge in [0.05, 0.1) is 17.1 Å². The highest BCUT2D eigenvalue weighted by atomic mass is 32.2. The van der Waals surface area contributed by atoms with Crippen molar-refractivity contribution in [1.82, 2.24) is 9.78 Å². The van der Waals surface area contributed by atoms with Crippen LogP contribution in [0.4, 0.5) is 17.2 Å². The molecule has 0 radical (unpaired) electrons. The molecule has 1 spiro atoms. The monoisotopic (exact) mass is 438 g/mol. The summed E-state index contributed by atoms with van der Waals surface area (Å²) >= 11 is 1.60. The van der Waals surface area contributed by atoms with E-state index < -0.39 is 4.75 Å². The molecule has 5 nitrogen and oxygen atoms in total. The van der Waals surface area contributed by atoms with E-state index in [0.29, 0.717) is 0 Å². The van der Waals surface area contributed by atoms with Crippen molar-refractivity contribution in [1.29, 1.82) is 0 Å². The van der Waals surface area contributed by atoms with Gasteiger partial charge in [0.1, 0.15) is 5.82 Å². The van der Waals surface area contributed by atoms with Gasteiger partial charge in [-0.25, -0.2) is 4.68 Å². The van der Waals surface area contributed by atoms with E-state index in [2.05, 4.69) is 48.7 Å². The molecular weight excluding hydrogens is 416 g/mol. The fourth-order valence-electron chi connectivity index (χ4n) is 4.72. The van der Waals surface area contributed by atoms with Crippen molar-refractivity contribution in [2.24, 2.45) is 0 Å². The van der Waals surface area contributed by atoms with Gasteiger partial charge in [0, 0.05) is 21.7 Å². The number of para-hydroxylation sites is 1. The van der Waals surface area contributed by atoms with Crippen molar-refractivity contribution in [3.63, 3.8) is 0 Å². The fourth-order valence-corrected chi connectivity index (χ4v) is 6.29. The van der Waals surface area contributed by atoms with E-state index in [1.807, 2.05) is 54.1 Å². The second-order valence-corrected chi connectivity index (χ2v) is 9.72. The number of thioether (sulfide) groups is 1. The number of anilines is 3. The van der Waals surface area contributed by atoms with Crippen molar-refractivity contribution in [2.75, 3.05) is 10.6 Å². The Bertz CT molecular complexity index is 1410. The Kier molecular flexibility index (Phi) is 4.04. The molecule has 2 aliphatic heterocycles. The smallest absolute Gasteiger partial charge is 0.250 e. The first-order valence-corrected chi connectivity index (χ1v) is 11.4. The maximum absolute atomic E-state index is 13.8. The Morgan fingerprint density at radius 3 is 2.38 bits per heavy atom. The molecule has 2 aliphatic rings. The van der Waals surface area contributed by atoms with Crippen LogP contribution in [0.25, 0.3) is 5.69 Å². The van der Waals surface area contributed by atoms with Gasteiger partial charge in [-0.15, -0.1) is 0 Å². The predicted octanol–water partition coefficient (Wildman–Crippen LogP) is 5.84. The van der Waals surface area contributed by atoms with Crippen molar-refractivity contribution in [3.8, 4) is 5.69 Å². The number of nitrogens with one attached hydrogen (secondary N) is 2. The minimum Gasteiger partial charge on any atom is -0.339 e. The Morgan fingerprint density at radius 1 is 0.875 bits per heavy atom. The van der Waals surface area contributed by atoms with Crippen molar-refractivity contribution < 1.29 is 4.79 Å². The Hall–Kier alpha value is -3.51. The summed E-state index contributed by atoms with van der Waals surface area (Å²) in [5.74, 6) is 0.796. The van der Waals surface area contributed by atoms with E-state index in [9.17, 15) is 4.79 Å². The number of aromatic nitrogens is 2. The van der Waals surface area contributed by atoms with Gasteiger partial charge in [0.25, 0.3) is 0 Å². The van der Waals surface area contributed by atoms with Crippen LogP contribution in [0.1, 0.15) is 27.9 Å². The molecule has 1 atom stereocenters. The Balaban J connectivity index is 1.72. The average Bonchev–Trinajstić information content (AvgIpc) is 3.18. The van der Waals surface area contributed by atoms with Gasteiger partial charge in [-0.3, -0.25) is 4.79 Å². The maximum Gasteiger partial charge on any atom is 0.250 e. The molecule has 1 amide bonds. The molecule has 4 aromatic rings. The number of carbonyl (C=O) groups is 1. The SMILES string of the molecule is Cc1ccc2c(c1)SC1(C(=O)Nc3ccc(C)cc31)c1c(C)nn(-c3ccccc3)c1N2. The zero-order valence-electron chi connectivity index (χ0n) is 18.1. The summed E-state index contributed by atoms with van der Waals surface area (Å²) in [6, 6.07) is 22.5. The van der Waals surface area contributed by atoms with Gasteiger partial charge in [-0.2, -0.15) is 5.10 Å². The number of nitrogens with zero attached hydrogens (tertiary/aromatic N) is 2. The van der Waals surface area contributed by atoms with Gasteiger partial charge in [-0.1, -0.05) is 53.7 Å². The largest absolute Gasteiger partial charge is 0.339 e. The summed E-state index contributed by atoms with van der Waals surface area (Å²) in [4.78, 5) is 14.9. The molecule has 3 heterocycles. The Morgan fingerprint density at radius 2 is 1.59 bits per heavy atom. The number of amides is 1. The van der Waals surface area contributed by atoms with Crippen LogP contribution in [0.5, 0.6) is 0 Å². The number of hydrogen-bond acceptors (Lipinski definition) is 4. The minimum absolute atomic E-state index is 0.0313. The van der Waals surface area contributed by atoms with E-state index in [1.54, 1.807) is 11.8 Å². The lowest BCUT2D eigenvalue weighted by atomic mass is 9.90. The van der Waals surface area contributed by atoms with E-state index >= 15 is 0 Å². The fraction of sp³-hybridized carbons (Fsp3) is 0.154. The summed E-state index contributed by atoms with van der Waals surface area (Å²) < 4.78 is 0.989. The summed E-state index contributed by atoms with van der Waals surface area (Å²) in [5.41, 5.74) is 7.79. The first-order valence-electron chi connectivity index (χ1n) is 10.6. The molecule has 3 aromatic carbocycles. The van der Waals surface area contributed by atoms with Gasteiger partial charge in [0.2, 0.25) is 5.91 Å². The molecule has 1 unspecified atom stereocenters. The van der Waals surface area contributed by atoms with Crippen LogP contribution in [0.3, 0.4) is 0 Å². The molecule has 158 valence electrons. The minimum atomic E-state index is -0.931. The molecular formula is C26H22N4OS. The van der Waals surface area contributed by atoms with E-state index in [0.717, 1.165) is 55.7 Å². The molecule has 0 aliphatic carbocycles. The number of rotatable bonds is 1. The van der Waals surface area contributed by atoms with Crippen LogP contribution in [-0.4, -0.2) is 15.7 Å². The molecule has 2 N–H and O–H groups in total. The summed E-state index contributed by atoms with van der Waals surface area (Å²) in [6.07, 6.45) is 0. The molecule has 6 rings (SSSR count). The molecule has 0 saturated heterocycles. The summed E-state index contributed by atoms with van der Waals surface area (Å²) in [7, 11) is 0. The van der Waals surface area contributed by atoms with Crippen LogP contribution < -0.4 is 10.6 Å². The average molecular weight is 439 g/mol. The first-order chi connectivity index (χ1) is 15.5. The van der Waals surface area contributed by atoms with Crippen LogP contribution in [-0.2, 0) is 9.54 Å². The van der Waals surface area contributed by atoms with Crippen molar-refractivity contribution in [3.05, 3.63) is 94.7 Å². The number of hydrogen-bond donors (Lipinski definition) is 2. The van der Waals surface area contributed by atoms with E-state index in [-0.39, 0.29) is 5.91 Å². The third-order valence-corrected chi connectivity index (χ3v) is 7.66. The molecule has 0 saturated carbocycles. The van der Waals surface area contributed by atoms with E-state index in [4.69, 9.17) is 5.10 Å². The second-order valence-electron chi connectivity index (χ2n) is 8.47. The van der Waals surface area contributed by atoms with Crippen LogP contribution >= 0.6 is 11.8 Å². The normalized spacial score (nSPS) is 18.4. The number of aryl methyl sites for hydroxylation is 3. The Labute approximate surface area is 190 Å². The van der Waals surface area contributed by atoms with Gasteiger partial charge in [-0.05, 0) is 56.7 Å². The van der Waals surface area contributed by atoms with Gasteiger partial charge < -0.3 is 10.6 Å². The molecule has 1 aromatic heterocycles. The highest BCUT2D eigenvalue weighted by molar-refractivity contribution is 8.01. The standard InChI is InChI=1S/C26H22N4OS/c1-15-9-11-20-19(13-15)26(25(31)28-20)23-17(3)29-30(18-7-5-4-6-8-18)24(23)27-21-12-10-16(2)14-22(21)32-26/h4-14,27H,1-3H3,(H,28,31). The number of fused-ring (bicyclic) bond motifs is 5. The van der Waals surface area contributed by atoms with Crippen LogP contribution in [0, 0.1) is 20.8 Å². The lowest BCUT2D eigenvalue weighted by Crippen LogP contribution is -2.32. The van der Waals surface area contributed by atoms with Crippen molar-refractivity contribution in [2.45, 2.75) is 30.4 Å². The molecule has 32 heavy (non-hydrogen) atoms. The highest BCUT2D eigenvalue weighted by Gasteiger charge is 2.54. The lowest BCUT2D eigenvalue weighted by Gasteiger charge is -2.26. The zero-order valence-corrected chi connectivity index (χ0v) is 18.9. The lowest BCUT2D eigenvalue weighted by molar-refractivity contribution is -0.117.